The van der Waals surface area contributed by atoms with Gasteiger partial charge in [0.15, 0.2) is 0 Å². The first-order chi connectivity index (χ1) is 16.1. The number of rotatable bonds is 8. The van der Waals surface area contributed by atoms with Crippen LogP contribution in [0.4, 0.5) is 4.79 Å². The molecule has 0 saturated carbocycles. The van der Waals surface area contributed by atoms with Gasteiger partial charge in [0.1, 0.15) is 6.61 Å². The Morgan fingerprint density at radius 2 is 1.52 bits per heavy atom. The highest BCUT2D eigenvalue weighted by Gasteiger charge is 2.28. The highest BCUT2D eigenvalue weighted by Crippen LogP contribution is 2.44. The maximum Gasteiger partial charge on any atom is 0.407 e. The lowest BCUT2D eigenvalue weighted by Gasteiger charge is -2.14. The third-order valence-electron chi connectivity index (χ3n) is 6.47. The van der Waals surface area contributed by atoms with E-state index < -0.39 is 0 Å². The van der Waals surface area contributed by atoms with Crippen LogP contribution >= 0.6 is 0 Å². The molecule has 3 aromatic rings. The van der Waals surface area contributed by atoms with Crippen molar-refractivity contribution in [3.8, 4) is 11.1 Å². The van der Waals surface area contributed by atoms with E-state index in [9.17, 15) is 4.79 Å². The number of aryl methyl sites for hydroxylation is 3. The molecule has 0 atom stereocenters. The number of carbonyl (C=O) groups is 1. The molecular formula is C30H33NO2. The molecule has 1 N–H and O–H groups in total. The Morgan fingerprint density at radius 1 is 0.939 bits per heavy atom. The van der Waals surface area contributed by atoms with Crippen molar-refractivity contribution in [2.24, 2.45) is 0 Å². The second-order valence-corrected chi connectivity index (χ2v) is 8.65. The summed E-state index contributed by atoms with van der Waals surface area (Å²) in [7, 11) is 0. The van der Waals surface area contributed by atoms with Gasteiger partial charge in [-0.1, -0.05) is 92.2 Å². The van der Waals surface area contributed by atoms with E-state index in [1.165, 1.54) is 44.5 Å². The lowest BCUT2D eigenvalue weighted by Crippen LogP contribution is -2.26. The normalized spacial score (nSPS) is 12.6. The third-order valence-corrected chi connectivity index (χ3v) is 6.47. The first-order valence-electron chi connectivity index (χ1n) is 12.0. The van der Waals surface area contributed by atoms with Gasteiger partial charge < -0.3 is 10.1 Å². The van der Waals surface area contributed by atoms with Gasteiger partial charge in [0.2, 0.25) is 0 Å². The molecule has 3 aromatic carbocycles. The number of ether oxygens (including phenoxy) is 1. The summed E-state index contributed by atoms with van der Waals surface area (Å²) in [6.07, 6.45) is 6.80. The number of benzene rings is 3. The Bertz CT molecular complexity index is 1090. The number of nitrogens with one attached hydrogen (secondary N) is 1. The Labute approximate surface area is 197 Å². The average Bonchev–Trinajstić information content (AvgIpc) is 3.16. The summed E-state index contributed by atoms with van der Waals surface area (Å²) in [6.45, 7) is 7.46. The minimum atomic E-state index is -0.357. The molecule has 0 unspecified atom stereocenters. The maximum absolute atomic E-state index is 12.3. The lowest BCUT2D eigenvalue weighted by molar-refractivity contribution is 0.143. The summed E-state index contributed by atoms with van der Waals surface area (Å²) in [5.41, 5.74) is 10.3. The molecule has 1 aliphatic carbocycles. The molecule has 0 aliphatic heterocycles. The van der Waals surface area contributed by atoms with Crippen molar-refractivity contribution >= 4 is 12.2 Å². The topological polar surface area (TPSA) is 38.3 Å². The second kappa shape index (κ2) is 10.5. The van der Waals surface area contributed by atoms with Gasteiger partial charge in [-0.15, -0.1) is 0 Å². The fourth-order valence-corrected chi connectivity index (χ4v) is 4.86. The number of carbonyl (C=O) groups excluding carboxylic acids is 1. The van der Waals surface area contributed by atoms with Crippen LogP contribution in [0.15, 0.2) is 66.7 Å². The molecule has 33 heavy (non-hydrogen) atoms. The summed E-state index contributed by atoms with van der Waals surface area (Å²) in [4.78, 5) is 12.3. The zero-order chi connectivity index (χ0) is 23.2. The molecular weight excluding hydrogens is 406 g/mol. The molecule has 3 nitrogen and oxygen atoms in total. The van der Waals surface area contributed by atoms with Crippen molar-refractivity contribution in [3.63, 3.8) is 0 Å². The average molecular weight is 440 g/mol. The predicted octanol–water partition coefficient (Wildman–Crippen LogP) is 7.06. The first kappa shape index (κ1) is 22.8. The van der Waals surface area contributed by atoms with Crippen LogP contribution in [0.2, 0.25) is 0 Å². The number of amides is 1. The lowest BCUT2D eigenvalue weighted by atomic mass is 9.94. The molecule has 4 rings (SSSR count). The van der Waals surface area contributed by atoms with Gasteiger partial charge in [-0.3, -0.25) is 0 Å². The summed E-state index contributed by atoms with van der Waals surface area (Å²) in [5, 5.41) is 2.89. The smallest absolute Gasteiger partial charge is 0.407 e. The molecule has 0 bridgehead atoms. The van der Waals surface area contributed by atoms with E-state index in [0.29, 0.717) is 13.2 Å². The van der Waals surface area contributed by atoms with E-state index in [4.69, 9.17) is 4.74 Å². The summed E-state index contributed by atoms with van der Waals surface area (Å²) >= 11 is 0. The van der Waals surface area contributed by atoms with Gasteiger partial charge in [0, 0.05) is 12.5 Å². The van der Waals surface area contributed by atoms with Gasteiger partial charge in [-0.25, -0.2) is 4.79 Å². The predicted molar refractivity (Wildman–Crippen MR) is 137 cm³/mol. The minimum Gasteiger partial charge on any atom is -0.449 e. The van der Waals surface area contributed by atoms with Crippen LogP contribution in [-0.2, 0) is 17.6 Å². The standard InChI is InChI=1S/C30H33NO2/c1-4-22-18-21(3)19-23(5-2)24(22)12-10-11-17-31-30(32)33-20-29-27-15-8-6-13-25(27)26-14-7-9-16-28(26)29/h6-10,12-16,18-19,29H,4-5,11,17,20H2,1-3H3,(H,31,32). The maximum atomic E-state index is 12.3. The van der Waals surface area contributed by atoms with E-state index in [2.05, 4.69) is 86.8 Å². The van der Waals surface area contributed by atoms with Crippen LogP contribution in [0, 0.1) is 6.92 Å². The van der Waals surface area contributed by atoms with Gasteiger partial charge >= 0.3 is 6.09 Å². The van der Waals surface area contributed by atoms with Gasteiger partial charge in [-0.2, -0.15) is 0 Å². The van der Waals surface area contributed by atoms with Crippen molar-refractivity contribution in [2.75, 3.05) is 13.2 Å². The Kier molecular flexibility index (Phi) is 7.29. The molecule has 0 spiro atoms. The van der Waals surface area contributed by atoms with E-state index in [1.807, 2.05) is 12.1 Å². The largest absolute Gasteiger partial charge is 0.449 e. The molecule has 0 heterocycles. The highest BCUT2D eigenvalue weighted by molar-refractivity contribution is 5.79. The van der Waals surface area contributed by atoms with Crippen LogP contribution in [0.3, 0.4) is 0 Å². The van der Waals surface area contributed by atoms with Gasteiger partial charge in [-0.05, 0) is 65.1 Å². The molecule has 0 radical (unpaired) electrons. The zero-order valence-corrected chi connectivity index (χ0v) is 19.9. The van der Waals surface area contributed by atoms with Crippen LogP contribution < -0.4 is 5.32 Å². The third kappa shape index (κ3) is 5.03. The van der Waals surface area contributed by atoms with Crippen LogP contribution in [0.25, 0.3) is 17.2 Å². The molecule has 0 aromatic heterocycles. The molecule has 170 valence electrons. The van der Waals surface area contributed by atoms with Crippen molar-refractivity contribution in [1.29, 1.82) is 0 Å². The van der Waals surface area contributed by atoms with Crippen molar-refractivity contribution in [1.82, 2.24) is 5.32 Å². The Hall–Kier alpha value is -3.33. The van der Waals surface area contributed by atoms with Crippen molar-refractivity contribution in [2.45, 2.75) is 46.0 Å². The van der Waals surface area contributed by atoms with Gasteiger partial charge in [0.05, 0.1) is 0 Å². The number of fused-ring (bicyclic) bond motifs is 3. The summed E-state index contributed by atoms with van der Waals surface area (Å²) < 4.78 is 5.62. The fraction of sp³-hybridized carbons (Fsp3) is 0.300. The van der Waals surface area contributed by atoms with Crippen LogP contribution in [0.1, 0.15) is 59.6 Å². The van der Waals surface area contributed by atoms with Crippen molar-refractivity contribution in [3.05, 3.63) is 100 Å². The van der Waals surface area contributed by atoms with Crippen LogP contribution in [-0.4, -0.2) is 19.2 Å². The molecule has 3 heteroatoms. The monoisotopic (exact) mass is 439 g/mol. The van der Waals surface area contributed by atoms with Crippen molar-refractivity contribution < 1.29 is 9.53 Å². The SMILES string of the molecule is CCc1cc(C)cc(CC)c1C=CCCNC(=O)OCC1c2ccccc2-c2ccccc21. The fourth-order valence-electron chi connectivity index (χ4n) is 4.86. The summed E-state index contributed by atoms with van der Waals surface area (Å²) in [5.74, 6) is 0.0875. The Morgan fingerprint density at radius 3 is 2.09 bits per heavy atom. The van der Waals surface area contributed by atoms with Gasteiger partial charge in [0.25, 0.3) is 0 Å². The molecule has 0 saturated heterocycles. The Balaban J connectivity index is 1.30. The molecule has 0 fully saturated rings. The summed E-state index contributed by atoms with van der Waals surface area (Å²) in [6, 6.07) is 21.3. The van der Waals surface area contributed by atoms with Crippen LogP contribution in [0.5, 0.6) is 0 Å². The molecule has 1 amide bonds. The van der Waals surface area contributed by atoms with E-state index in [0.717, 1.165) is 19.3 Å². The number of alkyl carbamates (subject to hydrolysis) is 1. The first-order valence-corrected chi connectivity index (χ1v) is 12.0. The molecule has 1 aliphatic rings. The second-order valence-electron chi connectivity index (χ2n) is 8.65. The number of hydrogen-bond acceptors (Lipinski definition) is 2. The highest BCUT2D eigenvalue weighted by atomic mass is 16.5. The van der Waals surface area contributed by atoms with E-state index in [1.54, 1.807) is 0 Å². The quantitative estimate of drug-likeness (QED) is 0.382. The zero-order valence-electron chi connectivity index (χ0n) is 19.9. The number of hydrogen-bond donors (Lipinski definition) is 1. The van der Waals surface area contributed by atoms with E-state index >= 15 is 0 Å². The van der Waals surface area contributed by atoms with E-state index in [-0.39, 0.29) is 12.0 Å². The minimum absolute atomic E-state index is 0.0875.